The Labute approximate surface area is 194 Å². The molecule has 3 N–H and O–H groups in total. The normalized spacial score (nSPS) is 40.1. The summed E-state index contributed by atoms with van der Waals surface area (Å²) in [6.07, 6.45) is 8.20. The summed E-state index contributed by atoms with van der Waals surface area (Å²) in [7, 11) is 0. The molecule has 0 amide bonds. The molecule has 172 valence electrons. The number of halogens is 1. The largest absolute Gasteiger partial charge is 0.393 e. The zero-order chi connectivity index (χ0) is 21.2. The van der Waals surface area contributed by atoms with E-state index >= 15 is 0 Å². The second kappa shape index (κ2) is 8.48. The maximum Gasteiger partial charge on any atom is 0.0702 e. The van der Waals surface area contributed by atoms with Crippen LogP contribution < -0.4 is 5.32 Å². The quantitative estimate of drug-likeness (QED) is 0.560. The van der Waals surface area contributed by atoms with Gasteiger partial charge >= 0.3 is 0 Å². The molecule has 0 radical (unpaired) electrons. The van der Waals surface area contributed by atoms with Crippen molar-refractivity contribution < 1.29 is 10.2 Å². The summed E-state index contributed by atoms with van der Waals surface area (Å²) < 4.78 is 0. The number of piperidine rings is 1. The monoisotopic (exact) mass is 445 g/mol. The molecule has 8 atom stereocenters. The van der Waals surface area contributed by atoms with Crippen LogP contribution in [0.15, 0.2) is 23.8 Å². The lowest BCUT2D eigenvalue weighted by molar-refractivity contribution is 0.0656. The van der Waals surface area contributed by atoms with Crippen LogP contribution >= 0.6 is 12.4 Å². The van der Waals surface area contributed by atoms with E-state index in [4.69, 9.17) is 0 Å². The molecule has 1 aromatic rings. The highest BCUT2D eigenvalue weighted by Gasteiger charge is 2.50. The van der Waals surface area contributed by atoms with E-state index in [2.05, 4.69) is 51.2 Å². The summed E-state index contributed by atoms with van der Waals surface area (Å²) in [6, 6.07) is 4.92. The third kappa shape index (κ3) is 3.70. The Morgan fingerprint density at radius 2 is 1.97 bits per heavy atom. The van der Waals surface area contributed by atoms with Crippen molar-refractivity contribution in [3.05, 3.63) is 46.0 Å². The highest BCUT2D eigenvalue weighted by atomic mass is 35.5. The van der Waals surface area contributed by atoms with E-state index < -0.39 is 0 Å². The molecule has 1 saturated carbocycles. The van der Waals surface area contributed by atoms with E-state index in [9.17, 15) is 10.2 Å². The van der Waals surface area contributed by atoms with E-state index in [1.165, 1.54) is 23.1 Å². The third-order valence-electron chi connectivity index (χ3n) is 9.40. The highest BCUT2D eigenvalue weighted by molar-refractivity contribution is 5.85. The summed E-state index contributed by atoms with van der Waals surface area (Å²) in [4.78, 5) is 0. The zero-order valence-corrected chi connectivity index (χ0v) is 20.3. The number of aliphatic hydroxyl groups is 2. The van der Waals surface area contributed by atoms with Crippen LogP contribution in [0.2, 0.25) is 0 Å². The smallest absolute Gasteiger partial charge is 0.0702 e. The number of nitrogens with one attached hydrogen (secondary N) is 1. The fraction of sp³-hybridized carbons (Fsp3) is 0.704. The molecule has 1 saturated heterocycles. The Hall–Kier alpha value is -0.870. The lowest BCUT2D eigenvalue weighted by atomic mass is 9.57. The topological polar surface area (TPSA) is 52.5 Å². The van der Waals surface area contributed by atoms with Crippen molar-refractivity contribution in [1.29, 1.82) is 0 Å². The average Bonchev–Trinajstić information content (AvgIpc) is 3.09. The van der Waals surface area contributed by atoms with E-state index in [1.54, 1.807) is 11.1 Å². The van der Waals surface area contributed by atoms with Gasteiger partial charge in [-0.2, -0.15) is 0 Å². The molecule has 1 aliphatic heterocycles. The Morgan fingerprint density at radius 3 is 2.71 bits per heavy atom. The van der Waals surface area contributed by atoms with Crippen LogP contribution in [0.1, 0.15) is 87.0 Å². The molecule has 2 unspecified atom stereocenters. The van der Waals surface area contributed by atoms with Gasteiger partial charge in [0.15, 0.2) is 0 Å². The molecular formula is C27H40ClNO2. The predicted molar refractivity (Wildman–Crippen MR) is 129 cm³/mol. The van der Waals surface area contributed by atoms with Gasteiger partial charge in [0.05, 0.1) is 12.2 Å². The van der Waals surface area contributed by atoms with Gasteiger partial charge in [0.2, 0.25) is 0 Å². The molecule has 3 aliphatic carbocycles. The van der Waals surface area contributed by atoms with Gasteiger partial charge in [0.1, 0.15) is 0 Å². The van der Waals surface area contributed by atoms with Crippen molar-refractivity contribution in [2.75, 3.05) is 6.54 Å². The number of hydrogen-bond acceptors (Lipinski definition) is 3. The second-order valence-corrected chi connectivity index (χ2v) is 11.2. The van der Waals surface area contributed by atoms with Crippen molar-refractivity contribution in [2.24, 2.45) is 17.3 Å². The van der Waals surface area contributed by atoms with Gasteiger partial charge in [-0.25, -0.2) is 0 Å². The Bertz CT molecular complexity index is 867. The standard InChI is InChI=1S/C27H39NO2.ClH/c1-15-11-25(30)26(28-14-15)17(3)20-7-8-21-22-6-5-18-12-19(29)9-10-27(18,4)24(22)13-23(21)16(20)2;/h5,7-8,15,17,19,22,24-26,28-30H,6,9-14H2,1-4H3;1H/t15-,17-,19?,22-,24-,25?,26-,27-;/m0./s1. The van der Waals surface area contributed by atoms with E-state index in [0.29, 0.717) is 23.7 Å². The van der Waals surface area contributed by atoms with Gasteiger partial charge in [-0.05, 0) is 103 Å². The molecule has 0 bridgehead atoms. The van der Waals surface area contributed by atoms with Crippen LogP contribution in [-0.4, -0.2) is 35.0 Å². The molecular weight excluding hydrogens is 406 g/mol. The molecule has 1 heterocycles. The van der Waals surface area contributed by atoms with Crippen molar-refractivity contribution in [3.63, 3.8) is 0 Å². The van der Waals surface area contributed by atoms with E-state index in [0.717, 1.165) is 38.6 Å². The van der Waals surface area contributed by atoms with Crippen LogP contribution in [0.3, 0.4) is 0 Å². The number of allylic oxidation sites excluding steroid dienone is 1. The summed E-state index contributed by atoms with van der Waals surface area (Å²) in [5.74, 6) is 2.16. The molecule has 5 rings (SSSR count). The molecule has 3 nitrogen and oxygen atoms in total. The van der Waals surface area contributed by atoms with Crippen LogP contribution in [-0.2, 0) is 6.42 Å². The molecule has 4 aliphatic rings. The van der Waals surface area contributed by atoms with Crippen molar-refractivity contribution in [1.82, 2.24) is 5.32 Å². The summed E-state index contributed by atoms with van der Waals surface area (Å²) in [5.41, 5.74) is 7.79. The SMILES string of the molecule is Cc1c([C@H](C)[C@@H]2NC[C@@H](C)CC2O)ccc2c1C[C@H]1[C@H]2CC=C2CC(O)CC[C@@]21C.Cl. The van der Waals surface area contributed by atoms with Gasteiger partial charge in [0.25, 0.3) is 0 Å². The van der Waals surface area contributed by atoms with Gasteiger partial charge in [0, 0.05) is 6.04 Å². The van der Waals surface area contributed by atoms with Crippen molar-refractivity contribution in [2.45, 2.75) is 96.3 Å². The number of rotatable bonds is 2. The predicted octanol–water partition coefficient (Wildman–Crippen LogP) is 5.02. The second-order valence-electron chi connectivity index (χ2n) is 11.2. The first-order valence-electron chi connectivity index (χ1n) is 12.2. The lowest BCUT2D eigenvalue weighted by Crippen LogP contribution is -2.50. The highest BCUT2D eigenvalue weighted by Crippen LogP contribution is 2.60. The minimum absolute atomic E-state index is 0. The average molecular weight is 446 g/mol. The molecule has 0 spiro atoms. The molecule has 2 fully saturated rings. The van der Waals surface area contributed by atoms with Gasteiger partial charge in [-0.1, -0.05) is 44.6 Å². The first-order valence-corrected chi connectivity index (χ1v) is 12.2. The molecule has 4 heteroatoms. The van der Waals surface area contributed by atoms with Crippen molar-refractivity contribution in [3.8, 4) is 0 Å². The van der Waals surface area contributed by atoms with Crippen LogP contribution in [0, 0.1) is 24.2 Å². The maximum absolute atomic E-state index is 10.7. The Balaban J connectivity index is 0.00000231. The van der Waals surface area contributed by atoms with Gasteiger partial charge in [-0.3, -0.25) is 0 Å². The van der Waals surface area contributed by atoms with E-state index in [-0.39, 0.29) is 36.1 Å². The molecule has 0 aromatic heterocycles. The number of hydrogen-bond donors (Lipinski definition) is 3. The maximum atomic E-state index is 10.7. The fourth-order valence-corrected chi connectivity index (χ4v) is 7.49. The minimum Gasteiger partial charge on any atom is -0.393 e. The first-order chi connectivity index (χ1) is 14.3. The fourth-order valence-electron chi connectivity index (χ4n) is 7.49. The molecule has 1 aromatic carbocycles. The Kier molecular flexibility index (Phi) is 6.37. The zero-order valence-electron chi connectivity index (χ0n) is 19.5. The lowest BCUT2D eigenvalue weighted by Gasteiger charge is -2.48. The van der Waals surface area contributed by atoms with E-state index in [1.807, 2.05) is 0 Å². The number of benzene rings is 1. The van der Waals surface area contributed by atoms with Gasteiger partial charge in [-0.15, -0.1) is 12.4 Å². The van der Waals surface area contributed by atoms with Crippen LogP contribution in [0.4, 0.5) is 0 Å². The van der Waals surface area contributed by atoms with Gasteiger partial charge < -0.3 is 15.5 Å². The first kappa shape index (κ1) is 23.3. The summed E-state index contributed by atoms with van der Waals surface area (Å²) >= 11 is 0. The summed E-state index contributed by atoms with van der Waals surface area (Å²) in [5, 5.41) is 24.6. The third-order valence-corrected chi connectivity index (χ3v) is 9.40. The van der Waals surface area contributed by atoms with Crippen LogP contribution in [0.25, 0.3) is 0 Å². The number of fused-ring (bicyclic) bond motifs is 5. The Morgan fingerprint density at radius 1 is 1.19 bits per heavy atom. The minimum atomic E-state index is -0.265. The van der Waals surface area contributed by atoms with Crippen molar-refractivity contribution >= 4 is 12.4 Å². The summed E-state index contributed by atoms with van der Waals surface area (Å²) in [6.45, 7) is 10.3. The number of aliphatic hydroxyl groups excluding tert-OH is 2. The molecule has 31 heavy (non-hydrogen) atoms. The van der Waals surface area contributed by atoms with Crippen LogP contribution in [0.5, 0.6) is 0 Å².